The first-order valence-corrected chi connectivity index (χ1v) is 14.3. The highest BCUT2D eigenvalue weighted by atomic mass is 19.1. The van der Waals surface area contributed by atoms with Crippen LogP contribution >= 0.6 is 0 Å². The van der Waals surface area contributed by atoms with E-state index in [1.165, 1.54) is 49.8 Å². The van der Waals surface area contributed by atoms with Crippen LogP contribution in [0.1, 0.15) is 95.7 Å². The first-order chi connectivity index (χ1) is 18.0. The molecule has 1 aliphatic rings. The smallest absolute Gasteiger partial charge is 0.170 e. The minimum atomic E-state index is -0.275. The van der Waals surface area contributed by atoms with Crippen molar-refractivity contribution in [2.75, 3.05) is 6.54 Å². The van der Waals surface area contributed by atoms with Crippen LogP contribution in [0, 0.1) is 17.7 Å². The summed E-state index contributed by atoms with van der Waals surface area (Å²) in [7, 11) is 0. The van der Waals surface area contributed by atoms with Crippen LogP contribution in [0.2, 0.25) is 0 Å². The molecule has 1 heterocycles. The van der Waals surface area contributed by atoms with Crippen molar-refractivity contribution in [3.05, 3.63) is 84.0 Å². The molecule has 1 aromatic heterocycles. The number of rotatable bonds is 11. The molecule has 3 aromatic rings. The van der Waals surface area contributed by atoms with Gasteiger partial charge in [0.1, 0.15) is 5.82 Å². The predicted octanol–water partition coefficient (Wildman–Crippen LogP) is 9.67. The Balaban J connectivity index is 0.000000208. The third-order valence-corrected chi connectivity index (χ3v) is 7.58. The zero-order valence-corrected chi connectivity index (χ0v) is 23.0. The summed E-state index contributed by atoms with van der Waals surface area (Å²) in [6.07, 6.45) is 15.6. The number of fused-ring (bicyclic) bond motifs is 1. The van der Waals surface area contributed by atoms with Gasteiger partial charge in [0.15, 0.2) is 5.58 Å². The van der Waals surface area contributed by atoms with E-state index in [1.54, 1.807) is 6.07 Å². The van der Waals surface area contributed by atoms with E-state index in [9.17, 15) is 4.39 Å². The van der Waals surface area contributed by atoms with Gasteiger partial charge < -0.3 is 9.84 Å². The third kappa shape index (κ3) is 8.87. The Labute approximate surface area is 223 Å². The molecule has 0 amide bonds. The van der Waals surface area contributed by atoms with Gasteiger partial charge in [0.25, 0.3) is 0 Å². The quantitative estimate of drug-likeness (QED) is 0.264. The molecule has 1 N–H and O–H groups in total. The number of nitrogens with zero attached hydrogens (tertiary/aromatic N) is 1. The van der Waals surface area contributed by atoms with E-state index in [1.807, 2.05) is 6.07 Å². The molecule has 1 aliphatic carbocycles. The Hall–Kier alpha value is -2.88. The zero-order chi connectivity index (χ0) is 26.5. The van der Waals surface area contributed by atoms with Gasteiger partial charge in [-0.3, -0.25) is 0 Å². The maximum absolute atomic E-state index is 13.1. The molecule has 1 saturated carbocycles. The largest absolute Gasteiger partial charge is 0.385 e. The highest BCUT2D eigenvalue weighted by molar-refractivity contribution is 5.79. The van der Waals surface area contributed by atoms with Crippen molar-refractivity contribution in [3.63, 3.8) is 0 Å². The van der Waals surface area contributed by atoms with Gasteiger partial charge >= 0.3 is 0 Å². The molecule has 2 aromatic carbocycles. The summed E-state index contributed by atoms with van der Waals surface area (Å²) >= 11 is 0. The van der Waals surface area contributed by atoms with Gasteiger partial charge in [0, 0.05) is 29.6 Å². The topological polar surface area (TPSA) is 38.1 Å². The van der Waals surface area contributed by atoms with Crippen molar-refractivity contribution in [2.24, 2.45) is 11.8 Å². The van der Waals surface area contributed by atoms with Crippen molar-refractivity contribution >= 4 is 17.0 Å². The van der Waals surface area contributed by atoms with Gasteiger partial charge in [0.05, 0.1) is 5.69 Å². The lowest BCUT2D eigenvalue weighted by molar-refractivity contribution is 0.228. The molecule has 4 rings (SSSR count). The predicted molar refractivity (Wildman–Crippen MR) is 155 cm³/mol. The van der Waals surface area contributed by atoms with Crippen molar-refractivity contribution in [1.82, 2.24) is 10.5 Å². The number of hydrogen-bond donors (Lipinski definition) is 1. The SMILES string of the molecule is C=C(/C=C/c1ccccc1)NCC1CCCCC1CC.CCCC(CCC)c1noc2cc(F)ccc12. The summed E-state index contributed by atoms with van der Waals surface area (Å²) in [5, 5.41) is 8.59. The Morgan fingerprint density at radius 2 is 1.76 bits per heavy atom. The Morgan fingerprint density at radius 1 is 1.05 bits per heavy atom. The summed E-state index contributed by atoms with van der Waals surface area (Å²) in [5.74, 6) is 1.89. The lowest BCUT2D eigenvalue weighted by Gasteiger charge is -2.31. The first kappa shape index (κ1) is 28.7. The second-order valence-electron chi connectivity index (χ2n) is 10.3. The fourth-order valence-corrected chi connectivity index (χ4v) is 5.51. The van der Waals surface area contributed by atoms with Crippen LogP contribution in [0.25, 0.3) is 17.0 Å². The number of halogens is 1. The highest BCUT2D eigenvalue weighted by Crippen LogP contribution is 2.32. The minimum Gasteiger partial charge on any atom is -0.385 e. The van der Waals surface area contributed by atoms with Crippen molar-refractivity contribution in [1.29, 1.82) is 0 Å². The maximum atomic E-state index is 13.1. The Morgan fingerprint density at radius 3 is 2.43 bits per heavy atom. The van der Waals surface area contributed by atoms with Crippen LogP contribution < -0.4 is 5.32 Å². The molecular formula is C33H45FN2O. The number of nitrogens with one attached hydrogen (secondary N) is 1. The van der Waals surface area contributed by atoms with E-state index in [0.717, 1.165) is 60.8 Å². The summed E-state index contributed by atoms with van der Waals surface area (Å²) in [4.78, 5) is 0. The van der Waals surface area contributed by atoms with Gasteiger partial charge in [-0.25, -0.2) is 4.39 Å². The van der Waals surface area contributed by atoms with Gasteiger partial charge in [-0.05, 0) is 54.9 Å². The molecule has 0 radical (unpaired) electrons. The standard InChI is InChI=1S/C19H27N.C14H18FNO/c1-3-18-11-7-8-12-19(18)15-20-16(2)13-14-17-9-5-4-6-10-17;1-3-5-10(6-4-2)14-12-8-7-11(15)9-13(12)17-16-14/h4-6,9-10,13-14,18-20H,2-3,7-8,11-12,15H2,1H3;7-10H,3-6H2,1-2H3/b14-13+;. The summed E-state index contributed by atoms with van der Waals surface area (Å²) in [6.45, 7) is 11.9. The van der Waals surface area contributed by atoms with E-state index < -0.39 is 0 Å². The van der Waals surface area contributed by atoms with Crippen molar-refractivity contribution in [3.8, 4) is 0 Å². The van der Waals surface area contributed by atoms with Gasteiger partial charge in [-0.15, -0.1) is 0 Å². The van der Waals surface area contributed by atoms with Crippen LogP contribution in [0.3, 0.4) is 0 Å². The third-order valence-electron chi connectivity index (χ3n) is 7.58. The molecule has 0 spiro atoms. The van der Waals surface area contributed by atoms with E-state index >= 15 is 0 Å². The molecule has 37 heavy (non-hydrogen) atoms. The summed E-state index contributed by atoms with van der Waals surface area (Å²) < 4.78 is 18.3. The molecule has 200 valence electrons. The Bertz CT molecular complexity index is 1100. The normalized spacial score (nSPS) is 17.6. The highest BCUT2D eigenvalue weighted by Gasteiger charge is 2.23. The lowest BCUT2D eigenvalue weighted by Crippen LogP contribution is -2.29. The van der Waals surface area contributed by atoms with E-state index in [-0.39, 0.29) is 5.82 Å². The van der Waals surface area contributed by atoms with Crippen molar-refractivity contribution in [2.45, 2.75) is 84.5 Å². The molecule has 3 nitrogen and oxygen atoms in total. The molecule has 0 bridgehead atoms. The fourth-order valence-electron chi connectivity index (χ4n) is 5.51. The second kappa shape index (κ2) is 15.4. The zero-order valence-electron chi connectivity index (χ0n) is 23.0. The van der Waals surface area contributed by atoms with Crippen LogP contribution in [0.5, 0.6) is 0 Å². The molecule has 4 heteroatoms. The molecular weight excluding hydrogens is 459 g/mol. The summed E-state index contributed by atoms with van der Waals surface area (Å²) in [6, 6.07) is 15.0. The molecule has 2 unspecified atom stereocenters. The van der Waals surface area contributed by atoms with Gasteiger partial charge in [-0.2, -0.15) is 0 Å². The van der Waals surface area contributed by atoms with Crippen LogP contribution in [-0.4, -0.2) is 11.7 Å². The van der Waals surface area contributed by atoms with Crippen LogP contribution in [-0.2, 0) is 0 Å². The number of allylic oxidation sites excluding steroid dienone is 1. The molecule has 2 atom stereocenters. The fraction of sp³-hybridized carbons (Fsp3) is 0.485. The number of hydrogen-bond acceptors (Lipinski definition) is 3. The van der Waals surface area contributed by atoms with Crippen LogP contribution in [0.15, 0.2) is 71.4 Å². The van der Waals surface area contributed by atoms with E-state index in [4.69, 9.17) is 4.52 Å². The lowest BCUT2D eigenvalue weighted by atomic mass is 9.78. The first-order valence-electron chi connectivity index (χ1n) is 14.3. The van der Waals surface area contributed by atoms with E-state index in [2.05, 4.69) is 74.2 Å². The van der Waals surface area contributed by atoms with Gasteiger partial charge in [0.2, 0.25) is 0 Å². The van der Waals surface area contributed by atoms with Crippen molar-refractivity contribution < 1.29 is 8.91 Å². The monoisotopic (exact) mass is 504 g/mol. The second-order valence-corrected chi connectivity index (χ2v) is 10.3. The van der Waals surface area contributed by atoms with Gasteiger partial charge in [-0.1, -0.05) is 107 Å². The molecule has 0 saturated heterocycles. The molecule has 1 fully saturated rings. The number of benzene rings is 2. The average Bonchev–Trinajstić information content (AvgIpc) is 3.34. The van der Waals surface area contributed by atoms with E-state index in [0.29, 0.717) is 11.5 Å². The summed E-state index contributed by atoms with van der Waals surface area (Å²) in [5.41, 5.74) is 3.79. The number of aromatic nitrogens is 1. The minimum absolute atomic E-state index is 0.275. The maximum Gasteiger partial charge on any atom is 0.170 e. The Kier molecular flexibility index (Phi) is 11.9. The average molecular weight is 505 g/mol. The van der Waals surface area contributed by atoms with Crippen LogP contribution in [0.4, 0.5) is 4.39 Å². The molecule has 0 aliphatic heterocycles.